The number of carbonyl (C=O) groups is 2. The number of carbonyl (C=O) groups excluding carboxylic acids is 1. The monoisotopic (exact) mass is 368 g/mol. The van der Waals surface area contributed by atoms with Crippen LogP contribution < -0.4 is 10.6 Å². The van der Waals surface area contributed by atoms with Crippen LogP contribution in [0.2, 0.25) is 10.0 Å². The molecule has 2 aromatic rings. The first-order valence-electron chi connectivity index (χ1n) is 6.27. The first kappa shape index (κ1) is 17.2. The number of carboxylic acids is 1. The summed E-state index contributed by atoms with van der Waals surface area (Å²) in [7, 11) is 0. The molecule has 23 heavy (non-hydrogen) atoms. The largest absolute Gasteiger partial charge is 0.478 e. The Morgan fingerprint density at radius 1 is 1.00 bits per heavy atom. The summed E-state index contributed by atoms with van der Waals surface area (Å²) in [5.41, 5.74) is 0.539. The SMILES string of the molecule is O=C(NC(=S)Nc1ccc(Cl)cc1C(=O)O)c1ccc(Cl)cc1. The predicted molar refractivity (Wildman–Crippen MR) is 93.6 cm³/mol. The molecule has 0 saturated heterocycles. The number of rotatable bonds is 3. The maximum Gasteiger partial charge on any atom is 0.337 e. The van der Waals surface area contributed by atoms with Gasteiger partial charge < -0.3 is 10.4 Å². The van der Waals surface area contributed by atoms with Gasteiger partial charge in [-0.1, -0.05) is 23.2 Å². The van der Waals surface area contributed by atoms with Gasteiger partial charge in [0.1, 0.15) is 0 Å². The van der Waals surface area contributed by atoms with Gasteiger partial charge in [-0.3, -0.25) is 10.1 Å². The van der Waals surface area contributed by atoms with Gasteiger partial charge in [-0.15, -0.1) is 0 Å². The molecule has 0 spiro atoms. The zero-order chi connectivity index (χ0) is 17.0. The van der Waals surface area contributed by atoms with Crippen molar-refractivity contribution < 1.29 is 14.7 Å². The van der Waals surface area contributed by atoms with E-state index in [9.17, 15) is 9.59 Å². The standard InChI is InChI=1S/C15H10Cl2N2O3S/c16-9-3-1-8(2-4-9)13(20)19-15(23)18-12-6-5-10(17)7-11(12)14(21)22/h1-7H,(H,21,22)(H2,18,19,20,23). The highest BCUT2D eigenvalue weighted by Crippen LogP contribution is 2.20. The molecule has 0 aliphatic rings. The minimum absolute atomic E-state index is 0.0326. The van der Waals surface area contributed by atoms with Crippen LogP contribution in [0.5, 0.6) is 0 Å². The minimum atomic E-state index is -1.16. The fourth-order valence-electron chi connectivity index (χ4n) is 1.73. The summed E-state index contributed by atoms with van der Waals surface area (Å²) in [6.07, 6.45) is 0. The molecule has 2 rings (SSSR count). The lowest BCUT2D eigenvalue weighted by Gasteiger charge is -2.12. The molecule has 0 radical (unpaired) electrons. The maximum atomic E-state index is 12.0. The number of carboxylic acid groups (broad SMARTS) is 1. The third kappa shape index (κ3) is 4.66. The van der Waals surface area contributed by atoms with E-state index >= 15 is 0 Å². The van der Waals surface area contributed by atoms with Crippen LogP contribution in [0.25, 0.3) is 0 Å². The lowest BCUT2D eigenvalue weighted by molar-refractivity contribution is 0.0698. The van der Waals surface area contributed by atoms with Crippen LogP contribution >= 0.6 is 35.4 Å². The molecule has 0 bridgehead atoms. The minimum Gasteiger partial charge on any atom is -0.478 e. The average molecular weight is 369 g/mol. The molecule has 0 aliphatic carbocycles. The van der Waals surface area contributed by atoms with Crippen LogP contribution in [0.4, 0.5) is 5.69 Å². The molecule has 0 aromatic heterocycles. The van der Waals surface area contributed by atoms with E-state index in [2.05, 4.69) is 10.6 Å². The summed E-state index contributed by atoms with van der Waals surface area (Å²) in [6.45, 7) is 0. The fourth-order valence-corrected chi connectivity index (χ4v) is 2.23. The van der Waals surface area contributed by atoms with Crippen molar-refractivity contribution in [1.82, 2.24) is 5.32 Å². The molecular weight excluding hydrogens is 359 g/mol. The summed E-state index contributed by atoms with van der Waals surface area (Å²) in [5.74, 6) is -1.60. The molecule has 3 N–H and O–H groups in total. The van der Waals surface area contributed by atoms with Crippen molar-refractivity contribution in [3.8, 4) is 0 Å². The van der Waals surface area contributed by atoms with Crippen molar-refractivity contribution in [2.24, 2.45) is 0 Å². The Morgan fingerprint density at radius 3 is 2.22 bits per heavy atom. The second-order valence-electron chi connectivity index (χ2n) is 4.41. The van der Waals surface area contributed by atoms with Crippen LogP contribution in [-0.2, 0) is 0 Å². The molecule has 0 aliphatic heterocycles. The average Bonchev–Trinajstić information content (AvgIpc) is 2.49. The maximum absolute atomic E-state index is 12.0. The number of amides is 1. The molecule has 2 aromatic carbocycles. The topological polar surface area (TPSA) is 78.4 Å². The molecule has 0 atom stereocenters. The van der Waals surface area contributed by atoms with Gasteiger partial charge in [0.05, 0.1) is 11.3 Å². The molecule has 118 valence electrons. The quantitative estimate of drug-likeness (QED) is 0.717. The highest BCUT2D eigenvalue weighted by atomic mass is 35.5. The van der Waals surface area contributed by atoms with Crippen molar-refractivity contribution in [3.63, 3.8) is 0 Å². The summed E-state index contributed by atoms with van der Waals surface area (Å²) in [4.78, 5) is 23.2. The summed E-state index contributed by atoms with van der Waals surface area (Å²) < 4.78 is 0. The molecule has 8 heteroatoms. The van der Waals surface area contributed by atoms with Crippen LogP contribution in [0.15, 0.2) is 42.5 Å². The van der Waals surface area contributed by atoms with E-state index in [1.165, 1.54) is 18.2 Å². The fraction of sp³-hybridized carbons (Fsp3) is 0. The van der Waals surface area contributed by atoms with E-state index < -0.39 is 11.9 Å². The lowest BCUT2D eigenvalue weighted by Crippen LogP contribution is -2.34. The number of nitrogens with one attached hydrogen (secondary N) is 2. The molecule has 0 saturated carbocycles. The van der Waals surface area contributed by atoms with E-state index in [0.717, 1.165) is 0 Å². The Morgan fingerprint density at radius 2 is 1.61 bits per heavy atom. The third-order valence-electron chi connectivity index (χ3n) is 2.79. The Balaban J connectivity index is 2.09. The van der Waals surface area contributed by atoms with Crippen LogP contribution in [0, 0.1) is 0 Å². The summed E-state index contributed by atoms with van der Waals surface area (Å²) in [5, 5.41) is 15.0. The number of benzene rings is 2. The van der Waals surface area contributed by atoms with Gasteiger partial charge in [0.2, 0.25) is 0 Å². The normalized spacial score (nSPS) is 10.0. The third-order valence-corrected chi connectivity index (χ3v) is 3.48. The second kappa shape index (κ2) is 7.41. The van der Waals surface area contributed by atoms with Gasteiger partial charge in [0.15, 0.2) is 5.11 Å². The van der Waals surface area contributed by atoms with Crippen molar-refractivity contribution in [1.29, 1.82) is 0 Å². The van der Waals surface area contributed by atoms with Crippen molar-refractivity contribution >= 4 is 58.1 Å². The highest BCUT2D eigenvalue weighted by molar-refractivity contribution is 7.80. The van der Waals surface area contributed by atoms with Crippen molar-refractivity contribution in [2.45, 2.75) is 0 Å². The Hall–Kier alpha value is -2.15. The first-order chi connectivity index (χ1) is 10.9. The van der Waals surface area contributed by atoms with Gasteiger partial charge in [-0.25, -0.2) is 4.79 Å². The number of aromatic carboxylic acids is 1. The number of hydrogen-bond donors (Lipinski definition) is 3. The summed E-state index contributed by atoms with van der Waals surface area (Å²) in [6, 6.07) is 10.5. The molecule has 5 nitrogen and oxygen atoms in total. The second-order valence-corrected chi connectivity index (χ2v) is 5.69. The molecular formula is C15H10Cl2N2O3S. The molecule has 0 heterocycles. The smallest absolute Gasteiger partial charge is 0.337 e. The number of halogens is 2. The van der Waals surface area contributed by atoms with Gasteiger partial charge in [0.25, 0.3) is 5.91 Å². The summed E-state index contributed by atoms with van der Waals surface area (Å²) >= 11 is 16.5. The van der Waals surface area contributed by atoms with Gasteiger partial charge in [-0.2, -0.15) is 0 Å². The number of thiocarbonyl (C=S) groups is 1. The van der Waals surface area contributed by atoms with E-state index in [1.807, 2.05) is 0 Å². The zero-order valence-electron chi connectivity index (χ0n) is 11.5. The highest BCUT2D eigenvalue weighted by Gasteiger charge is 2.13. The van der Waals surface area contributed by atoms with E-state index in [-0.39, 0.29) is 21.4 Å². The van der Waals surface area contributed by atoms with Crippen molar-refractivity contribution in [2.75, 3.05) is 5.32 Å². The van der Waals surface area contributed by atoms with E-state index in [4.69, 9.17) is 40.5 Å². The molecule has 0 unspecified atom stereocenters. The van der Waals surface area contributed by atoms with Crippen LogP contribution in [-0.4, -0.2) is 22.1 Å². The van der Waals surface area contributed by atoms with Gasteiger partial charge in [-0.05, 0) is 54.7 Å². The molecule has 1 amide bonds. The Bertz CT molecular complexity index is 779. The number of hydrogen-bond acceptors (Lipinski definition) is 3. The van der Waals surface area contributed by atoms with Crippen molar-refractivity contribution in [3.05, 3.63) is 63.6 Å². The zero-order valence-corrected chi connectivity index (χ0v) is 13.8. The molecule has 0 fully saturated rings. The van der Waals surface area contributed by atoms with E-state index in [1.54, 1.807) is 24.3 Å². The lowest BCUT2D eigenvalue weighted by atomic mass is 10.2. The predicted octanol–water partition coefficient (Wildman–Crippen LogP) is 3.82. The first-order valence-corrected chi connectivity index (χ1v) is 7.44. The Labute approximate surface area is 147 Å². The number of anilines is 1. The van der Waals surface area contributed by atoms with E-state index in [0.29, 0.717) is 10.6 Å². The van der Waals surface area contributed by atoms with Crippen LogP contribution in [0.1, 0.15) is 20.7 Å². The van der Waals surface area contributed by atoms with Gasteiger partial charge in [0, 0.05) is 15.6 Å². The Kier molecular flexibility index (Phi) is 5.54. The van der Waals surface area contributed by atoms with Crippen LogP contribution in [0.3, 0.4) is 0 Å². The van der Waals surface area contributed by atoms with Gasteiger partial charge >= 0.3 is 5.97 Å².